The standard InChI is InChI=1S/C29H40N2O6S/c1-2-3-4-5-26(32)22-6-8-23(9-7-22)31-24(10-13-28(31)33)20-36-21-25-11-12-27(38-25)29(34)37-19-16-30-14-17-35-18-15-30/h6-9,11-12,24,26,32H,2-5,10,13-21H2,1H3/t24-,26-/m1/s1. The van der Waals surface area contributed by atoms with Crippen molar-refractivity contribution in [1.82, 2.24) is 4.90 Å². The number of morpholine rings is 1. The molecule has 1 aromatic heterocycles. The molecule has 3 heterocycles. The number of rotatable bonds is 14. The lowest BCUT2D eigenvalue weighted by molar-refractivity contribution is -0.117. The molecule has 2 aliphatic rings. The number of nitrogens with zero attached hydrogens (tertiary/aromatic N) is 2. The van der Waals surface area contributed by atoms with Crippen LogP contribution in [0.25, 0.3) is 0 Å². The smallest absolute Gasteiger partial charge is 0.348 e. The molecule has 38 heavy (non-hydrogen) atoms. The molecule has 1 amide bonds. The third-order valence-corrected chi connectivity index (χ3v) is 8.16. The molecule has 2 fully saturated rings. The monoisotopic (exact) mass is 544 g/mol. The Morgan fingerprint density at radius 3 is 2.71 bits per heavy atom. The van der Waals surface area contributed by atoms with Gasteiger partial charge in [0, 0.05) is 36.6 Å². The number of carbonyl (C=O) groups excluding carboxylic acids is 2. The molecule has 0 saturated carbocycles. The molecule has 2 aromatic rings. The van der Waals surface area contributed by atoms with Gasteiger partial charge >= 0.3 is 5.97 Å². The lowest BCUT2D eigenvalue weighted by Crippen LogP contribution is -2.38. The van der Waals surface area contributed by atoms with E-state index in [9.17, 15) is 14.7 Å². The number of aliphatic hydroxyl groups is 1. The minimum atomic E-state index is -0.471. The van der Waals surface area contributed by atoms with Crippen LogP contribution in [0.3, 0.4) is 0 Å². The van der Waals surface area contributed by atoms with Gasteiger partial charge in [0.25, 0.3) is 0 Å². The zero-order valence-electron chi connectivity index (χ0n) is 22.3. The van der Waals surface area contributed by atoms with E-state index in [1.165, 1.54) is 11.3 Å². The van der Waals surface area contributed by atoms with Crippen molar-refractivity contribution in [2.75, 3.05) is 51.0 Å². The fourth-order valence-electron chi connectivity index (χ4n) is 4.89. The molecule has 9 heteroatoms. The average Bonchev–Trinajstić information content (AvgIpc) is 3.56. The number of ether oxygens (including phenoxy) is 3. The highest BCUT2D eigenvalue weighted by molar-refractivity contribution is 7.13. The summed E-state index contributed by atoms with van der Waals surface area (Å²) in [6.45, 7) is 7.23. The summed E-state index contributed by atoms with van der Waals surface area (Å²) in [6, 6.07) is 11.3. The number of hydrogen-bond donors (Lipinski definition) is 1. The maximum absolute atomic E-state index is 12.6. The quantitative estimate of drug-likeness (QED) is 0.275. The molecular formula is C29H40N2O6S. The van der Waals surface area contributed by atoms with Gasteiger partial charge in [-0.3, -0.25) is 9.69 Å². The first kappa shape index (κ1) is 28.7. The van der Waals surface area contributed by atoms with Gasteiger partial charge in [0.1, 0.15) is 11.5 Å². The Morgan fingerprint density at radius 1 is 1.16 bits per heavy atom. The summed E-state index contributed by atoms with van der Waals surface area (Å²) in [6.07, 6.45) is 4.77. The molecule has 0 aliphatic carbocycles. The summed E-state index contributed by atoms with van der Waals surface area (Å²) in [4.78, 5) is 30.6. The average molecular weight is 545 g/mol. The molecule has 2 atom stereocenters. The zero-order valence-corrected chi connectivity index (χ0v) is 23.1. The Balaban J connectivity index is 1.22. The molecule has 1 N–H and O–H groups in total. The number of esters is 1. The fourth-order valence-corrected chi connectivity index (χ4v) is 5.73. The summed E-state index contributed by atoms with van der Waals surface area (Å²) >= 11 is 1.38. The lowest BCUT2D eigenvalue weighted by Gasteiger charge is -2.26. The van der Waals surface area contributed by atoms with E-state index in [1.807, 2.05) is 35.2 Å². The summed E-state index contributed by atoms with van der Waals surface area (Å²) in [5.41, 5.74) is 1.72. The van der Waals surface area contributed by atoms with Gasteiger partial charge in [-0.15, -0.1) is 11.3 Å². The molecule has 4 rings (SSSR count). The van der Waals surface area contributed by atoms with E-state index < -0.39 is 6.10 Å². The van der Waals surface area contributed by atoms with Gasteiger partial charge in [-0.25, -0.2) is 4.79 Å². The number of unbranched alkanes of at least 4 members (excludes halogenated alkanes) is 2. The van der Waals surface area contributed by atoms with Gasteiger partial charge in [0.15, 0.2) is 0 Å². The number of carbonyl (C=O) groups is 2. The van der Waals surface area contributed by atoms with E-state index in [1.54, 1.807) is 6.07 Å². The van der Waals surface area contributed by atoms with Crippen molar-refractivity contribution in [2.24, 2.45) is 0 Å². The van der Waals surface area contributed by atoms with Gasteiger partial charge < -0.3 is 24.2 Å². The third kappa shape index (κ3) is 8.10. The Hall–Kier alpha value is -2.30. The van der Waals surface area contributed by atoms with Crippen molar-refractivity contribution in [1.29, 1.82) is 0 Å². The highest BCUT2D eigenvalue weighted by Gasteiger charge is 2.32. The van der Waals surface area contributed by atoms with Gasteiger partial charge in [0.05, 0.1) is 38.6 Å². The number of thiophene rings is 1. The second-order valence-corrected chi connectivity index (χ2v) is 11.1. The molecule has 8 nitrogen and oxygen atoms in total. The minimum absolute atomic E-state index is 0.0348. The predicted molar refractivity (Wildman–Crippen MR) is 148 cm³/mol. The maximum Gasteiger partial charge on any atom is 0.348 e. The zero-order chi connectivity index (χ0) is 26.7. The van der Waals surface area contributed by atoms with Crippen molar-refractivity contribution < 1.29 is 28.9 Å². The first-order valence-electron chi connectivity index (χ1n) is 13.8. The summed E-state index contributed by atoms with van der Waals surface area (Å²) < 4.78 is 16.8. The van der Waals surface area contributed by atoms with E-state index in [0.717, 1.165) is 81.1 Å². The Labute approximate surface area is 229 Å². The van der Waals surface area contributed by atoms with E-state index in [4.69, 9.17) is 14.2 Å². The van der Waals surface area contributed by atoms with Crippen LogP contribution in [0.4, 0.5) is 5.69 Å². The predicted octanol–water partition coefficient (Wildman–Crippen LogP) is 4.56. The molecule has 2 saturated heterocycles. The Kier molecular flexibility index (Phi) is 11.1. The SMILES string of the molecule is CCCCC[C@@H](O)c1ccc(N2C(=O)CC[C@@H]2COCc2ccc(C(=O)OCCN3CCOCC3)s2)cc1. The highest BCUT2D eigenvalue weighted by Crippen LogP contribution is 2.29. The lowest BCUT2D eigenvalue weighted by atomic mass is 10.0. The Morgan fingerprint density at radius 2 is 1.95 bits per heavy atom. The second-order valence-electron chi connectivity index (χ2n) is 9.93. The van der Waals surface area contributed by atoms with Crippen LogP contribution in [-0.4, -0.2) is 74.0 Å². The fraction of sp³-hybridized carbons (Fsp3) is 0.586. The van der Waals surface area contributed by atoms with Crippen LogP contribution in [-0.2, 0) is 25.6 Å². The molecule has 1 aromatic carbocycles. The number of aliphatic hydroxyl groups excluding tert-OH is 1. The highest BCUT2D eigenvalue weighted by atomic mass is 32.1. The van der Waals surface area contributed by atoms with Crippen LogP contribution in [0.1, 0.15) is 71.7 Å². The van der Waals surface area contributed by atoms with Crippen molar-refractivity contribution in [2.45, 2.75) is 64.2 Å². The van der Waals surface area contributed by atoms with E-state index in [0.29, 0.717) is 31.1 Å². The largest absolute Gasteiger partial charge is 0.460 e. The van der Waals surface area contributed by atoms with Crippen LogP contribution >= 0.6 is 11.3 Å². The van der Waals surface area contributed by atoms with E-state index >= 15 is 0 Å². The van der Waals surface area contributed by atoms with E-state index in [-0.39, 0.29) is 17.9 Å². The van der Waals surface area contributed by atoms with Crippen molar-refractivity contribution in [3.8, 4) is 0 Å². The first-order valence-corrected chi connectivity index (χ1v) is 14.6. The van der Waals surface area contributed by atoms with Gasteiger partial charge in [0.2, 0.25) is 5.91 Å². The first-order chi connectivity index (χ1) is 18.5. The van der Waals surface area contributed by atoms with Crippen LogP contribution in [0.5, 0.6) is 0 Å². The molecule has 2 aliphatic heterocycles. The number of anilines is 1. The molecule has 0 radical (unpaired) electrons. The van der Waals surface area contributed by atoms with Crippen LogP contribution in [0.2, 0.25) is 0 Å². The van der Waals surface area contributed by atoms with Crippen LogP contribution in [0, 0.1) is 0 Å². The topological polar surface area (TPSA) is 88.5 Å². The van der Waals surface area contributed by atoms with Gasteiger partial charge in [-0.2, -0.15) is 0 Å². The molecular weight excluding hydrogens is 504 g/mol. The Bertz CT molecular complexity index is 1020. The van der Waals surface area contributed by atoms with Crippen molar-refractivity contribution >= 4 is 28.9 Å². The maximum atomic E-state index is 12.6. The molecule has 0 unspecified atom stereocenters. The number of hydrogen-bond acceptors (Lipinski definition) is 8. The van der Waals surface area contributed by atoms with E-state index in [2.05, 4.69) is 11.8 Å². The summed E-state index contributed by atoms with van der Waals surface area (Å²) in [5, 5.41) is 10.4. The third-order valence-electron chi connectivity index (χ3n) is 7.12. The number of benzene rings is 1. The normalized spacial score (nSPS) is 19.2. The molecule has 0 bridgehead atoms. The number of amides is 1. The summed E-state index contributed by atoms with van der Waals surface area (Å²) in [7, 11) is 0. The molecule has 208 valence electrons. The van der Waals surface area contributed by atoms with Gasteiger partial charge in [-0.1, -0.05) is 38.3 Å². The van der Waals surface area contributed by atoms with Crippen molar-refractivity contribution in [3.63, 3.8) is 0 Å². The van der Waals surface area contributed by atoms with Crippen LogP contribution in [0.15, 0.2) is 36.4 Å². The summed E-state index contributed by atoms with van der Waals surface area (Å²) in [5.74, 6) is -0.214. The van der Waals surface area contributed by atoms with Gasteiger partial charge in [-0.05, 0) is 42.7 Å². The minimum Gasteiger partial charge on any atom is -0.460 e. The van der Waals surface area contributed by atoms with Crippen LogP contribution < -0.4 is 4.90 Å². The molecule has 0 spiro atoms. The van der Waals surface area contributed by atoms with Crippen molar-refractivity contribution in [3.05, 3.63) is 51.7 Å². The second kappa shape index (κ2) is 14.7.